The first kappa shape index (κ1) is 23.6. The largest absolute Gasteiger partial charge is 0.367 e. The molecular formula is C27H34FN5O2. The summed E-state index contributed by atoms with van der Waals surface area (Å²) < 4.78 is 14.0. The minimum atomic E-state index is -0.169. The Labute approximate surface area is 206 Å². The van der Waals surface area contributed by atoms with Gasteiger partial charge in [-0.1, -0.05) is 12.1 Å². The van der Waals surface area contributed by atoms with Gasteiger partial charge in [0.25, 0.3) is 5.91 Å². The number of nitrogens with zero attached hydrogens (tertiary/aromatic N) is 4. The van der Waals surface area contributed by atoms with Crippen molar-refractivity contribution in [2.75, 3.05) is 67.6 Å². The van der Waals surface area contributed by atoms with E-state index < -0.39 is 0 Å². The van der Waals surface area contributed by atoms with E-state index in [0.717, 1.165) is 76.3 Å². The molecule has 35 heavy (non-hydrogen) atoms. The molecule has 3 aliphatic rings. The van der Waals surface area contributed by atoms with Crippen LogP contribution in [0.4, 0.5) is 21.5 Å². The van der Waals surface area contributed by atoms with Crippen LogP contribution >= 0.6 is 0 Å². The summed E-state index contributed by atoms with van der Waals surface area (Å²) in [6.07, 6.45) is 3.92. The van der Waals surface area contributed by atoms with Crippen LogP contribution in [0.15, 0.2) is 42.5 Å². The molecule has 2 aromatic carbocycles. The minimum absolute atomic E-state index is 0.0745. The van der Waals surface area contributed by atoms with E-state index in [1.165, 1.54) is 6.07 Å². The summed E-state index contributed by atoms with van der Waals surface area (Å²) in [5.41, 5.74) is 3.11. The highest BCUT2D eigenvalue weighted by atomic mass is 19.1. The summed E-state index contributed by atoms with van der Waals surface area (Å²) in [7, 11) is 1.81. The van der Waals surface area contributed by atoms with Gasteiger partial charge in [-0.15, -0.1) is 0 Å². The van der Waals surface area contributed by atoms with Gasteiger partial charge >= 0.3 is 0 Å². The van der Waals surface area contributed by atoms with Crippen LogP contribution in [0.5, 0.6) is 0 Å². The fourth-order valence-corrected chi connectivity index (χ4v) is 5.52. The third-order valence-corrected chi connectivity index (χ3v) is 7.53. The van der Waals surface area contributed by atoms with Gasteiger partial charge < -0.3 is 20.0 Å². The number of halogens is 1. The van der Waals surface area contributed by atoms with Crippen LogP contribution in [-0.2, 0) is 4.79 Å². The van der Waals surface area contributed by atoms with Crippen LogP contribution in [0.3, 0.4) is 0 Å². The van der Waals surface area contributed by atoms with E-state index in [4.69, 9.17) is 0 Å². The molecule has 0 saturated carbocycles. The summed E-state index contributed by atoms with van der Waals surface area (Å²) in [5, 5.41) is 3.03. The Morgan fingerprint density at radius 2 is 1.80 bits per heavy atom. The number of rotatable bonds is 6. The van der Waals surface area contributed by atoms with Crippen LogP contribution in [0, 0.1) is 5.82 Å². The minimum Gasteiger partial charge on any atom is -0.367 e. The SMILES string of the molecule is CN1C(=O)[C@@H]2CCCCN2c2ccc(C(=O)NCCCN3CCN(c4ccccc4F)CC3)cc21. The summed E-state index contributed by atoms with van der Waals surface area (Å²) in [5.74, 6) is -0.166. The molecule has 0 aromatic heterocycles. The molecule has 0 aliphatic carbocycles. The molecule has 2 saturated heterocycles. The van der Waals surface area contributed by atoms with Gasteiger partial charge in [-0.2, -0.15) is 0 Å². The summed E-state index contributed by atoms with van der Waals surface area (Å²) in [4.78, 5) is 34.0. The first-order valence-corrected chi connectivity index (χ1v) is 12.7. The maximum absolute atomic E-state index is 14.0. The first-order valence-electron chi connectivity index (χ1n) is 12.7. The van der Waals surface area contributed by atoms with E-state index in [2.05, 4.69) is 20.0 Å². The molecule has 2 fully saturated rings. The molecule has 3 heterocycles. The maximum atomic E-state index is 14.0. The van der Waals surface area contributed by atoms with Gasteiger partial charge in [-0.3, -0.25) is 14.5 Å². The number of likely N-dealkylation sites (N-methyl/N-ethyl adjacent to an activating group) is 1. The number of fused-ring (bicyclic) bond motifs is 3. The lowest BCUT2D eigenvalue weighted by Gasteiger charge is -2.44. The lowest BCUT2D eigenvalue weighted by molar-refractivity contribution is -0.120. The zero-order valence-electron chi connectivity index (χ0n) is 20.4. The molecular weight excluding hydrogens is 445 g/mol. The van der Waals surface area contributed by atoms with E-state index in [9.17, 15) is 14.0 Å². The van der Waals surface area contributed by atoms with Crippen LogP contribution in [-0.4, -0.2) is 75.6 Å². The number of piperazine rings is 1. The van der Waals surface area contributed by atoms with E-state index in [1.54, 1.807) is 18.0 Å². The van der Waals surface area contributed by atoms with Crippen molar-refractivity contribution >= 4 is 28.9 Å². The molecule has 0 spiro atoms. The normalized spacial score (nSPS) is 20.5. The molecule has 1 atom stereocenters. The number of nitrogens with one attached hydrogen (secondary N) is 1. The molecule has 0 radical (unpaired) electrons. The molecule has 0 unspecified atom stereocenters. The third kappa shape index (κ3) is 4.85. The Kier molecular flexibility index (Phi) is 6.90. The maximum Gasteiger partial charge on any atom is 0.251 e. The fourth-order valence-electron chi connectivity index (χ4n) is 5.52. The van der Waals surface area contributed by atoms with Gasteiger partial charge in [0.05, 0.1) is 17.1 Å². The number of benzene rings is 2. The molecule has 8 heteroatoms. The summed E-state index contributed by atoms with van der Waals surface area (Å²) in [6, 6.07) is 12.6. The standard InChI is InChI=1S/C27H34FN5O2/c1-30-25-19-20(10-11-23(25)33-14-5-4-9-24(33)27(30)35)26(34)29-12-6-13-31-15-17-32(18-16-31)22-8-3-2-7-21(22)28/h2-3,7-8,10-11,19,24H,4-6,9,12-18H2,1H3,(H,29,34)/t24-/m0/s1. The monoisotopic (exact) mass is 479 g/mol. The zero-order valence-corrected chi connectivity index (χ0v) is 20.4. The summed E-state index contributed by atoms with van der Waals surface area (Å²) >= 11 is 0. The van der Waals surface area contributed by atoms with E-state index in [-0.39, 0.29) is 23.7 Å². The second-order valence-corrected chi connectivity index (χ2v) is 9.70. The quantitative estimate of drug-likeness (QED) is 0.646. The number of carbonyl (C=O) groups excluding carboxylic acids is 2. The average Bonchev–Trinajstić information content (AvgIpc) is 2.90. The van der Waals surface area contributed by atoms with Gasteiger partial charge in [0.1, 0.15) is 11.9 Å². The Hall–Kier alpha value is -3.13. The van der Waals surface area contributed by atoms with Crippen molar-refractivity contribution in [1.82, 2.24) is 10.2 Å². The van der Waals surface area contributed by atoms with E-state index in [0.29, 0.717) is 17.8 Å². The molecule has 3 aliphatic heterocycles. The van der Waals surface area contributed by atoms with Gasteiger partial charge in [0.2, 0.25) is 5.91 Å². The highest BCUT2D eigenvalue weighted by molar-refractivity contribution is 6.07. The van der Waals surface area contributed by atoms with Crippen molar-refractivity contribution in [3.8, 4) is 0 Å². The van der Waals surface area contributed by atoms with Gasteiger partial charge in [-0.25, -0.2) is 4.39 Å². The van der Waals surface area contributed by atoms with Crippen LogP contribution < -0.4 is 20.0 Å². The third-order valence-electron chi connectivity index (χ3n) is 7.53. The lowest BCUT2D eigenvalue weighted by Crippen LogP contribution is -2.54. The van der Waals surface area contributed by atoms with E-state index in [1.807, 2.05) is 30.3 Å². The van der Waals surface area contributed by atoms with Crippen molar-refractivity contribution in [2.45, 2.75) is 31.7 Å². The highest BCUT2D eigenvalue weighted by Crippen LogP contribution is 2.39. The topological polar surface area (TPSA) is 59.1 Å². The number of anilines is 3. The lowest BCUT2D eigenvalue weighted by atomic mass is 9.96. The number of hydrogen-bond donors (Lipinski definition) is 1. The van der Waals surface area contributed by atoms with Crippen LogP contribution in [0.2, 0.25) is 0 Å². The number of hydrogen-bond acceptors (Lipinski definition) is 5. The van der Waals surface area contributed by atoms with Gasteiger partial charge in [-0.05, 0) is 62.6 Å². The Bertz CT molecular complexity index is 1080. The average molecular weight is 480 g/mol. The molecule has 2 aromatic rings. The van der Waals surface area contributed by atoms with Gasteiger partial charge in [0, 0.05) is 51.9 Å². The highest BCUT2D eigenvalue weighted by Gasteiger charge is 2.38. The van der Waals surface area contributed by atoms with Crippen molar-refractivity contribution in [1.29, 1.82) is 0 Å². The number of amides is 2. The fraction of sp³-hybridized carbons (Fsp3) is 0.481. The number of carbonyl (C=O) groups is 2. The molecule has 2 amide bonds. The second kappa shape index (κ2) is 10.2. The molecule has 186 valence electrons. The number of piperidine rings is 1. The van der Waals surface area contributed by atoms with Crippen molar-refractivity contribution < 1.29 is 14.0 Å². The Balaban J connectivity index is 1.10. The van der Waals surface area contributed by atoms with Crippen molar-refractivity contribution in [3.05, 3.63) is 53.8 Å². The number of para-hydroxylation sites is 1. The van der Waals surface area contributed by atoms with Crippen molar-refractivity contribution in [3.63, 3.8) is 0 Å². The smallest absolute Gasteiger partial charge is 0.251 e. The summed E-state index contributed by atoms with van der Waals surface area (Å²) in [6.45, 7) is 5.72. The Morgan fingerprint density at radius 1 is 1.00 bits per heavy atom. The second-order valence-electron chi connectivity index (χ2n) is 9.70. The Morgan fingerprint density at radius 3 is 2.60 bits per heavy atom. The zero-order chi connectivity index (χ0) is 24.4. The van der Waals surface area contributed by atoms with Crippen LogP contribution in [0.1, 0.15) is 36.0 Å². The molecule has 7 nitrogen and oxygen atoms in total. The first-order chi connectivity index (χ1) is 17.0. The van der Waals surface area contributed by atoms with E-state index >= 15 is 0 Å². The molecule has 0 bridgehead atoms. The molecule has 5 rings (SSSR count). The van der Waals surface area contributed by atoms with Crippen molar-refractivity contribution in [2.24, 2.45) is 0 Å². The van der Waals surface area contributed by atoms with Gasteiger partial charge in [0.15, 0.2) is 0 Å². The predicted molar refractivity (Wildman–Crippen MR) is 137 cm³/mol. The molecule has 1 N–H and O–H groups in total. The predicted octanol–water partition coefficient (Wildman–Crippen LogP) is 3.10. The van der Waals surface area contributed by atoms with Crippen LogP contribution in [0.25, 0.3) is 0 Å².